The summed E-state index contributed by atoms with van der Waals surface area (Å²) in [5, 5.41) is 14.5. The molecule has 0 unspecified atom stereocenters. The van der Waals surface area contributed by atoms with Crippen molar-refractivity contribution in [3.05, 3.63) is 29.8 Å². The standard InChI is InChI=1S/C17H26N2O3/c1-17(2,3)16(22)18-11-4-5-15(21)19-14-8-6-13(7-9-14)10-12-20/h6-9,20H,4-5,10-12H2,1-3H3,(H,18,22)(H,19,21). The fraction of sp³-hybridized carbons (Fsp3) is 0.529. The summed E-state index contributed by atoms with van der Waals surface area (Å²) in [5.74, 6) is -0.0766. The molecule has 0 heterocycles. The van der Waals surface area contributed by atoms with Crippen LogP contribution in [0.25, 0.3) is 0 Å². The molecule has 122 valence electrons. The quantitative estimate of drug-likeness (QED) is 0.675. The minimum atomic E-state index is -0.404. The van der Waals surface area contributed by atoms with Crippen LogP contribution in [0.3, 0.4) is 0 Å². The van der Waals surface area contributed by atoms with Crippen molar-refractivity contribution >= 4 is 17.5 Å². The Balaban J connectivity index is 2.27. The van der Waals surface area contributed by atoms with Crippen LogP contribution < -0.4 is 10.6 Å². The van der Waals surface area contributed by atoms with Gasteiger partial charge in [0.2, 0.25) is 11.8 Å². The summed E-state index contributed by atoms with van der Waals surface area (Å²) in [6.45, 7) is 6.19. The number of carbonyl (C=O) groups excluding carboxylic acids is 2. The molecule has 0 aliphatic rings. The zero-order valence-corrected chi connectivity index (χ0v) is 13.6. The number of amides is 2. The Morgan fingerprint density at radius 3 is 2.32 bits per heavy atom. The van der Waals surface area contributed by atoms with E-state index in [0.29, 0.717) is 25.8 Å². The Hall–Kier alpha value is -1.88. The van der Waals surface area contributed by atoms with Gasteiger partial charge in [0.15, 0.2) is 0 Å². The maximum absolute atomic E-state index is 11.8. The van der Waals surface area contributed by atoms with Crippen molar-refractivity contribution in [3.63, 3.8) is 0 Å². The van der Waals surface area contributed by atoms with Gasteiger partial charge in [-0.25, -0.2) is 0 Å². The first-order chi connectivity index (χ1) is 10.3. The van der Waals surface area contributed by atoms with Crippen LogP contribution in [-0.2, 0) is 16.0 Å². The molecule has 3 N–H and O–H groups in total. The predicted molar refractivity (Wildman–Crippen MR) is 87.6 cm³/mol. The van der Waals surface area contributed by atoms with Gasteiger partial charge in [-0.15, -0.1) is 0 Å². The van der Waals surface area contributed by atoms with Crippen LogP contribution in [-0.4, -0.2) is 30.1 Å². The van der Waals surface area contributed by atoms with Gasteiger partial charge in [0.05, 0.1) is 0 Å². The lowest BCUT2D eigenvalue weighted by atomic mass is 9.96. The summed E-state index contributed by atoms with van der Waals surface area (Å²) in [4.78, 5) is 23.5. The zero-order chi connectivity index (χ0) is 16.6. The smallest absolute Gasteiger partial charge is 0.225 e. The molecule has 0 spiro atoms. The van der Waals surface area contributed by atoms with Crippen molar-refractivity contribution in [1.29, 1.82) is 0 Å². The second-order valence-corrected chi connectivity index (χ2v) is 6.33. The molecule has 1 aromatic rings. The predicted octanol–water partition coefficient (Wildman–Crippen LogP) is 2.10. The van der Waals surface area contributed by atoms with E-state index < -0.39 is 5.41 Å². The highest BCUT2D eigenvalue weighted by molar-refractivity contribution is 5.90. The Morgan fingerprint density at radius 2 is 1.77 bits per heavy atom. The van der Waals surface area contributed by atoms with Crippen molar-refractivity contribution in [2.24, 2.45) is 5.41 Å². The van der Waals surface area contributed by atoms with E-state index in [0.717, 1.165) is 11.3 Å². The molecule has 0 saturated heterocycles. The van der Waals surface area contributed by atoms with E-state index in [1.54, 1.807) is 0 Å². The number of aliphatic hydroxyl groups is 1. The first-order valence-corrected chi connectivity index (χ1v) is 7.61. The van der Waals surface area contributed by atoms with Crippen molar-refractivity contribution in [2.45, 2.75) is 40.0 Å². The molecular weight excluding hydrogens is 280 g/mol. The molecule has 5 heteroatoms. The minimum Gasteiger partial charge on any atom is -0.396 e. The first-order valence-electron chi connectivity index (χ1n) is 7.61. The topological polar surface area (TPSA) is 78.4 Å². The number of rotatable bonds is 7. The van der Waals surface area contributed by atoms with Gasteiger partial charge in [-0.1, -0.05) is 32.9 Å². The van der Waals surface area contributed by atoms with Crippen LogP contribution in [0.2, 0.25) is 0 Å². The molecule has 0 bridgehead atoms. The Labute approximate surface area is 132 Å². The van der Waals surface area contributed by atoms with Gasteiger partial charge in [-0.3, -0.25) is 9.59 Å². The Morgan fingerprint density at radius 1 is 1.14 bits per heavy atom. The normalized spacial score (nSPS) is 11.1. The number of carbonyl (C=O) groups is 2. The highest BCUT2D eigenvalue weighted by Gasteiger charge is 2.20. The van der Waals surface area contributed by atoms with E-state index >= 15 is 0 Å². The molecule has 0 aromatic heterocycles. The zero-order valence-electron chi connectivity index (χ0n) is 13.6. The van der Waals surface area contributed by atoms with Crippen molar-refractivity contribution in [2.75, 3.05) is 18.5 Å². The molecular formula is C17H26N2O3. The number of aliphatic hydroxyl groups excluding tert-OH is 1. The van der Waals surface area contributed by atoms with E-state index in [9.17, 15) is 9.59 Å². The van der Waals surface area contributed by atoms with E-state index in [1.807, 2.05) is 45.0 Å². The van der Waals surface area contributed by atoms with Gasteiger partial charge in [-0.05, 0) is 30.5 Å². The van der Waals surface area contributed by atoms with Crippen LogP contribution in [0.1, 0.15) is 39.2 Å². The van der Waals surface area contributed by atoms with Gasteiger partial charge in [0.1, 0.15) is 0 Å². The molecule has 1 aromatic carbocycles. The minimum absolute atomic E-state index is 0.00706. The Bertz CT molecular complexity index is 490. The maximum atomic E-state index is 11.8. The van der Waals surface area contributed by atoms with E-state index in [1.165, 1.54) is 0 Å². The van der Waals surface area contributed by atoms with Gasteiger partial charge in [0, 0.05) is 30.7 Å². The first kappa shape index (κ1) is 18.2. The average molecular weight is 306 g/mol. The summed E-state index contributed by atoms with van der Waals surface area (Å²) < 4.78 is 0. The highest BCUT2D eigenvalue weighted by Crippen LogP contribution is 2.12. The van der Waals surface area contributed by atoms with Crippen LogP contribution in [0.15, 0.2) is 24.3 Å². The van der Waals surface area contributed by atoms with Crippen molar-refractivity contribution in [3.8, 4) is 0 Å². The molecule has 0 atom stereocenters. The third-order valence-corrected chi connectivity index (χ3v) is 3.19. The monoisotopic (exact) mass is 306 g/mol. The number of anilines is 1. The molecule has 2 amide bonds. The summed E-state index contributed by atoms with van der Waals surface area (Å²) in [6, 6.07) is 7.42. The molecule has 0 fully saturated rings. The molecule has 0 radical (unpaired) electrons. The fourth-order valence-electron chi connectivity index (χ4n) is 1.82. The second kappa shape index (κ2) is 8.54. The van der Waals surface area contributed by atoms with E-state index in [4.69, 9.17) is 5.11 Å². The van der Waals surface area contributed by atoms with Crippen LogP contribution in [0, 0.1) is 5.41 Å². The van der Waals surface area contributed by atoms with Gasteiger partial charge >= 0.3 is 0 Å². The lowest BCUT2D eigenvalue weighted by molar-refractivity contribution is -0.128. The molecule has 22 heavy (non-hydrogen) atoms. The van der Waals surface area contributed by atoms with Crippen LogP contribution in [0.5, 0.6) is 0 Å². The summed E-state index contributed by atoms with van der Waals surface area (Å²) in [7, 11) is 0. The summed E-state index contributed by atoms with van der Waals surface area (Å²) in [5.41, 5.74) is 1.37. The van der Waals surface area contributed by atoms with E-state index in [2.05, 4.69) is 10.6 Å². The molecule has 1 rings (SSSR count). The summed E-state index contributed by atoms with van der Waals surface area (Å²) >= 11 is 0. The van der Waals surface area contributed by atoms with Crippen molar-refractivity contribution < 1.29 is 14.7 Å². The highest BCUT2D eigenvalue weighted by atomic mass is 16.3. The number of nitrogens with one attached hydrogen (secondary N) is 2. The van der Waals surface area contributed by atoms with Crippen LogP contribution >= 0.6 is 0 Å². The average Bonchev–Trinajstić information content (AvgIpc) is 2.44. The van der Waals surface area contributed by atoms with Gasteiger partial charge in [0.25, 0.3) is 0 Å². The number of benzene rings is 1. The lowest BCUT2D eigenvalue weighted by Gasteiger charge is -2.17. The Kier molecular flexibility index (Phi) is 7.05. The van der Waals surface area contributed by atoms with Gasteiger partial charge in [-0.2, -0.15) is 0 Å². The fourth-order valence-corrected chi connectivity index (χ4v) is 1.82. The SMILES string of the molecule is CC(C)(C)C(=O)NCCCC(=O)Nc1ccc(CCO)cc1. The molecule has 5 nitrogen and oxygen atoms in total. The van der Waals surface area contributed by atoms with Crippen LogP contribution in [0.4, 0.5) is 5.69 Å². The maximum Gasteiger partial charge on any atom is 0.225 e. The largest absolute Gasteiger partial charge is 0.396 e. The number of hydrogen-bond acceptors (Lipinski definition) is 3. The third-order valence-electron chi connectivity index (χ3n) is 3.19. The third kappa shape index (κ3) is 6.72. The van der Waals surface area contributed by atoms with Gasteiger partial charge < -0.3 is 15.7 Å². The molecule has 0 aliphatic heterocycles. The van der Waals surface area contributed by atoms with E-state index in [-0.39, 0.29) is 18.4 Å². The number of hydrogen-bond donors (Lipinski definition) is 3. The second-order valence-electron chi connectivity index (χ2n) is 6.33. The molecule has 0 saturated carbocycles. The van der Waals surface area contributed by atoms with Crippen molar-refractivity contribution in [1.82, 2.24) is 5.32 Å². The lowest BCUT2D eigenvalue weighted by Crippen LogP contribution is -2.35. The summed E-state index contributed by atoms with van der Waals surface area (Å²) in [6.07, 6.45) is 1.58. The molecule has 0 aliphatic carbocycles.